The molecule has 2 aromatic rings. The van der Waals surface area contributed by atoms with Crippen LogP contribution in [0.15, 0.2) is 36.4 Å². The van der Waals surface area contributed by atoms with Crippen molar-refractivity contribution in [3.63, 3.8) is 0 Å². The van der Waals surface area contributed by atoms with Crippen LogP contribution in [0.3, 0.4) is 0 Å². The Hall–Kier alpha value is -2.63. The molecular formula is C15H14F2N2O2. The second-order valence-corrected chi connectivity index (χ2v) is 4.34. The number of benzene rings is 2. The van der Waals surface area contributed by atoms with Crippen LogP contribution in [0.25, 0.3) is 0 Å². The van der Waals surface area contributed by atoms with E-state index in [1.165, 1.54) is 7.11 Å². The van der Waals surface area contributed by atoms with Gasteiger partial charge in [0.25, 0.3) is 5.91 Å². The van der Waals surface area contributed by atoms with E-state index in [4.69, 9.17) is 10.5 Å². The number of nitrogens with two attached hydrogens (primary N) is 1. The van der Waals surface area contributed by atoms with Crippen LogP contribution in [0.1, 0.15) is 15.9 Å². The molecular weight excluding hydrogens is 278 g/mol. The van der Waals surface area contributed by atoms with Gasteiger partial charge in [0.2, 0.25) is 0 Å². The number of carbonyl (C=O) groups is 1. The molecule has 0 saturated heterocycles. The molecule has 0 atom stereocenters. The van der Waals surface area contributed by atoms with Crippen molar-refractivity contribution in [2.45, 2.75) is 6.54 Å². The largest absolute Gasteiger partial charge is 0.496 e. The summed E-state index contributed by atoms with van der Waals surface area (Å²) in [5.74, 6) is -1.37. The summed E-state index contributed by atoms with van der Waals surface area (Å²) in [6.45, 7) is -0.153. The zero-order chi connectivity index (χ0) is 15.4. The maximum absolute atomic E-state index is 13.5. The Morgan fingerprint density at radius 1 is 1.29 bits per heavy atom. The van der Waals surface area contributed by atoms with Gasteiger partial charge in [-0.1, -0.05) is 6.07 Å². The summed E-state index contributed by atoms with van der Waals surface area (Å²) in [6, 6.07) is 7.85. The van der Waals surface area contributed by atoms with E-state index in [1.54, 1.807) is 18.2 Å². The van der Waals surface area contributed by atoms with Crippen molar-refractivity contribution in [2.75, 3.05) is 12.8 Å². The smallest absolute Gasteiger partial charge is 0.257 e. The minimum Gasteiger partial charge on any atom is -0.496 e. The van der Waals surface area contributed by atoms with E-state index < -0.39 is 17.5 Å². The molecule has 0 fully saturated rings. The lowest BCUT2D eigenvalue weighted by Gasteiger charge is -2.12. The van der Waals surface area contributed by atoms with E-state index in [0.29, 0.717) is 5.75 Å². The van der Waals surface area contributed by atoms with Crippen LogP contribution in [0, 0.1) is 11.6 Å². The average molecular weight is 292 g/mol. The van der Waals surface area contributed by atoms with E-state index in [9.17, 15) is 13.6 Å². The van der Waals surface area contributed by atoms with Crippen LogP contribution in [-0.2, 0) is 6.54 Å². The summed E-state index contributed by atoms with van der Waals surface area (Å²) in [4.78, 5) is 12.1. The highest BCUT2D eigenvalue weighted by Crippen LogP contribution is 2.24. The van der Waals surface area contributed by atoms with Gasteiger partial charge in [0.1, 0.15) is 22.9 Å². The van der Waals surface area contributed by atoms with Crippen molar-refractivity contribution in [1.29, 1.82) is 0 Å². The second kappa shape index (κ2) is 6.21. The quantitative estimate of drug-likeness (QED) is 0.851. The third-order valence-corrected chi connectivity index (χ3v) is 2.95. The molecule has 0 aliphatic heterocycles. The molecule has 3 N–H and O–H groups in total. The van der Waals surface area contributed by atoms with Gasteiger partial charge < -0.3 is 15.8 Å². The average Bonchev–Trinajstić information content (AvgIpc) is 2.47. The number of ether oxygens (including phenoxy) is 1. The number of rotatable bonds is 4. The van der Waals surface area contributed by atoms with Crippen molar-refractivity contribution in [1.82, 2.24) is 5.32 Å². The fourth-order valence-corrected chi connectivity index (χ4v) is 1.90. The molecule has 0 unspecified atom stereocenters. The number of nitrogens with one attached hydrogen (secondary N) is 1. The minimum absolute atomic E-state index is 0.0526. The van der Waals surface area contributed by atoms with Gasteiger partial charge in [-0.2, -0.15) is 0 Å². The molecule has 0 aliphatic rings. The Bertz CT molecular complexity index is 675. The second-order valence-electron chi connectivity index (χ2n) is 4.34. The molecule has 0 spiro atoms. The monoisotopic (exact) mass is 292 g/mol. The summed E-state index contributed by atoms with van der Waals surface area (Å²) in [5, 5.41) is 2.49. The third-order valence-electron chi connectivity index (χ3n) is 2.95. The van der Waals surface area contributed by atoms with E-state index in [2.05, 4.69) is 5.32 Å². The molecule has 4 nitrogen and oxygen atoms in total. The van der Waals surface area contributed by atoms with Crippen LogP contribution in [0.4, 0.5) is 14.5 Å². The van der Waals surface area contributed by atoms with E-state index in [-0.39, 0.29) is 23.4 Å². The lowest BCUT2D eigenvalue weighted by Crippen LogP contribution is -2.25. The number of hydrogen-bond donors (Lipinski definition) is 2. The van der Waals surface area contributed by atoms with Crippen molar-refractivity contribution < 1.29 is 18.3 Å². The number of carbonyl (C=O) groups excluding carboxylic acids is 1. The first-order valence-corrected chi connectivity index (χ1v) is 6.17. The predicted molar refractivity (Wildman–Crippen MR) is 74.9 cm³/mol. The molecule has 1 amide bonds. The molecule has 0 heterocycles. The number of halogens is 2. The third kappa shape index (κ3) is 3.28. The zero-order valence-corrected chi connectivity index (χ0v) is 11.3. The molecule has 0 radical (unpaired) electrons. The lowest BCUT2D eigenvalue weighted by molar-refractivity contribution is 0.0948. The molecule has 0 saturated carbocycles. The normalized spacial score (nSPS) is 10.2. The van der Waals surface area contributed by atoms with Crippen LogP contribution in [0.5, 0.6) is 5.75 Å². The lowest BCUT2D eigenvalue weighted by atomic mass is 10.1. The Morgan fingerprint density at radius 3 is 2.76 bits per heavy atom. The molecule has 2 rings (SSSR count). The molecule has 0 aliphatic carbocycles. The maximum atomic E-state index is 13.5. The van der Waals surface area contributed by atoms with E-state index >= 15 is 0 Å². The zero-order valence-electron chi connectivity index (χ0n) is 11.3. The van der Waals surface area contributed by atoms with Crippen molar-refractivity contribution in [3.8, 4) is 5.75 Å². The van der Waals surface area contributed by atoms with Gasteiger partial charge in [0.15, 0.2) is 0 Å². The Morgan fingerprint density at radius 2 is 2.05 bits per heavy atom. The molecule has 0 aromatic heterocycles. The summed E-state index contributed by atoms with van der Waals surface area (Å²) in [7, 11) is 1.41. The Labute approximate surface area is 120 Å². The van der Waals surface area contributed by atoms with Gasteiger partial charge in [0, 0.05) is 17.8 Å². The van der Waals surface area contributed by atoms with Crippen LogP contribution in [-0.4, -0.2) is 13.0 Å². The molecule has 6 heteroatoms. The molecule has 110 valence electrons. The minimum atomic E-state index is -0.593. The van der Waals surface area contributed by atoms with Crippen molar-refractivity contribution in [3.05, 3.63) is 59.2 Å². The first-order chi connectivity index (χ1) is 10.0. The number of amides is 1. The first kappa shape index (κ1) is 14.8. The van der Waals surface area contributed by atoms with Gasteiger partial charge in [-0.25, -0.2) is 8.78 Å². The van der Waals surface area contributed by atoms with Gasteiger partial charge in [-0.3, -0.25) is 4.79 Å². The summed E-state index contributed by atoms with van der Waals surface area (Å²) in [6.07, 6.45) is 0. The van der Waals surface area contributed by atoms with Gasteiger partial charge in [-0.05, 0) is 30.3 Å². The Kier molecular flexibility index (Phi) is 4.37. The summed E-state index contributed by atoms with van der Waals surface area (Å²) >= 11 is 0. The highest BCUT2D eigenvalue weighted by molar-refractivity contribution is 6.01. The van der Waals surface area contributed by atoms with Gasteiger partial charge in [-0.15, -0.1) is 0 Å². The topological polar surface area (TPSA) is 64.3 Å². The van der Waals surface area contributed by atoms with Gasteiger partial charge in [0.05, 0.1) is 7.11 Å². The Balaban J connectivity index is 2.17. The standard InChI is InChI=1S/C15H14F2N2O2/c1-21-13-4-2-3-12(18)14(13)15(20)19-8-9-7-10(16)5-6-11(9)17/h2-7H,8,18H2,1H3,(H,19,20). The van der Waals surface area contributed by atoms with Crippen molar-refractivity contribution >= 4 is 11.6 Å². The van der Waals surface area contributed by atoms with Crippen LogP contribution < -0.4 is 15.8 Å². The number of methoxy groups -OCH3 is 1. The fourth-order valence-electron chi connectivity index (χ4n) is 1.90. The predicted octanol–water partition coefficient (Wildman–Crippen LogP) is 2.49. The van der Waals surface area contributed by atoms with E-state index in [0.717, 1.165) is 18.2 Å². The summed E-state index contributed by atoms with van der Waals surface area (Å²) in [5.41, 5.74) is 6.20. The number of nitrogen functional groups attached to an aromatic ring is 1. The highest BCUT2D eigenvalue weighted by atomic mass is 19.1. The maximum Gasteiger partial charge on any atom is 0.257 e. The SMILES string of the molecule is COc1cccc(N)c1C(=O)NCc1cc(F)ccc1F. The van der Waals surface area contributed by atoms with Gasteiger partial charge >= 0.3 is 0 Å². The fraction of sp³-hybridized carbons (Fsp3) is 0.133. The highest BCUT2D eigenvalue weighted by Gasteiger charge is 2.16. The molecule has 21 heavy (non-hydrogen) atoms. The molecule has 0 bridgehead atoms. The number of anilines is 1. The van der Waals surface area contributed by atoms with Crippen LogP contribution >= 0.6 is 0 Å². The van der Waals surface area contributed by atoms with E-state index in [1.807, 2.05) is 0 Å². The van der Waals surface area contributed by atoms with Crippen molar-refractivity contribution in [2.24, 2.45) is 0 Å². The summed E-state index contributed by atoms with van der Waals surface area (Å²) < 4.78 is 31.6. The van der Waals surface area contributed by atoms with Crippen LogP contribution in [0.2, 0.25) is 0 Å². The molecule has 2 aromatic carbocycles. The first-order valence-electron chi connectivity index (χ1n) is 6.17. The number of hydrogen-bond acceptors (Lipinski definition) is 3.